The van der Waals surface area contributed by atoms with Crippen LogP contribution in [0.15, 0.2) is 59.9 Å². The zero-order valence-electron chi connectivity index (χ0n) is 20.9. The fourth-order valence-electron chi connectivity index (χ4n) is 2.94. The number of hydrogen-bond donors (Lipinski definition) is 4. The molecule has 0 unspecified atom stereocenters. The van der Waals surface area contributed by atoms with Crippen LogP contribution < -0.4 is 16.4 Å². The van der Waals surface area contributed by atoms with Crippen LogP contribution >= 0.6 is 0 Å². The van der Waals surface area contributed by atoms with Gasteiger partial charge in [0, 0.05) is 12.2 Å². The maximum Gasteiger partial charge on any atom is 0.280 e. The Morgan fingerprint density at radius 2 is 1.97 bits per heavy atom. The second-order valence-corrected chi connectivity index (χ2v) is 7.37. The van der Waals surface area contributed by atoms with Crippen LogP contribution in [0, 0.1) is 6.92 Å². The second kappa shape index (κ2) is 19.5. The molecule has 1 aromatic carbocycles. The summed E-state index contributed by atoms with van der Waals surface area (Å²) in [6.45, 7) is 8.29. The molecule has 37 heavy (non-hydrogen) atoms. The lowest BCUT2D eigenvalue weighted by Crippen LogP contribution is -2.14. The van der Waals surface area contributed by atoms with Crippen LogP contribution in [-0.2, 0) is 14.3 Å². The average molecular weight is 520 g/mol. The number of carbonyl (C=O) groups is 1. The second-order valence-electron chi connectivity index (χ2n) is 7.37. The van der Waals surface area contributed by atoms with E-state index in [2.05, 4.69) is 33.1 Å². The van der Waals surface area contributed by atoms with Crippen molar-refractivity contribution in [1.82, 2.24) is 10.3 Å². The summed E-state index contributed by atoms with van der Waals surface area (Å²) in [5, 5.41) is 15.3. The number of ether oxygens (including phenoxy) is 2. The molecule has 0 bridgehead atoms. The first-order chi connectivity index (χ1) is 18.0. The Morgan fingerprint density at radius 1 is 1.22 bits per heavy atom. The minimum atomic E-state index is -2.60. The Balaban J connectivity index is 0.00000217. The van der Waals surface area contributed by atoms with Crippen LogP contribution in [0.2, 0.25) is 0 Å². The first-order valence-corrected chi connectivity index (χ1v) is 11.5. The van der Waals surface area contributed by atoms with E-state index in [1.165, 1.54) is 12.3 Å². The molecule has 0 saturated carbocycles. The number of aryl methyl sites for hydroxylation is 1. The number of aliphatic imine (C=N–C) groups is 1. The normalized spacial score (nSPS) is 11.2. The lowest BCUT2D eigenvalue weighted by atomic mass is 9.99. The molecule has 9 nitrogen and oxygen atoms in total. The number of benzene rings is 1. The summed E-state index contributed by atoms with van der Waals surface area (Å²) in [5.41, 5.74) is 8.26. The Kier molecular flexibility index (Phi) is 16.5. The molecular weight excluding hydrogens is 484 g/mol. The van der Waals surface area contributed by atoms with Gasteiger partial charge in [-0.25, -0.2) is 8.78 Å². The van der Waals surface area contributed by atoms with Crippen molar-refractivity contribution in [2.24, 2.45) is 10.7 Å². The molecule has 0 spiro atoms. The van der Waals surface area contributed by atoms with Gasteiger partial charge in [0.25, 0.3) is 6.43 Å². The predicted molar refractivity (Wildman–Crippen MR) is 142 cm³/mol. The van der Waals surface area contributed by atoms with Crippen LogP contribution in [0.1, 0.15) is 23.2 Å². The highest BCUT2D eigenvalue weighted by atomic mass is 19.3. The van der Waals surface area contributed by atoms with Crippen LogP contribution in [-0.4, -0.2) is 69.3 Å². The van der Waals surface area contributed by atoms with E-state index in [1.54, 1.807) is 6.07 Å². The highest BCUT2D eigenvalue weighted by Crippen LogP contribution is 2.26. The lowest BCUT2D eigenvalue weighted by Gasteiger charge is -2.13. The van der Waals surface area contributed by atoms with Gasteiger partial charge in [-0.2, -0.15) is 0 Å². The number of amides is 1. The zero-order valence-corrected chi connectivity index (χ0v) is 20.9. The molecule has 1 aromatic heterocycles. The number of aliphatic hydroxyl groups is 1. The number of halogens is 2. The molecule has 0 atom stereocenters. The summed E-state index contributed by atoms with van der Waals surface area (Å²) in [5.74, 6) is 0. The number of nitrogens with zero attached hydrogens (tertiary/aromatic N) is 2. The van der Waals surface area contributed by atoms with E-state index < -0.39 is 6.43 Å². The van der Waals surface area contributed by atoms with Gasteiger partial charge >= 0.3 is 0 Å². The van der Waals surface area contributed by atoms with Crippen LogP contribution in [0.5, 0.6) is 0 Å². The van der Waals surface area contributed by atoms with E-state index in [4.69, 9.17) is 19.4 Å². The summed E-state index contributed by atoms with van der Waals surface area (Å²) in [4.78, 5) is 16.1. The first-order valence-electron chi connectivity index (χ1n) is 11.5. The van der Waals surface area contributed by atoms with Crippen molar-refractivity contribution < 1.29 is 28.2 Å². The van der Waals surface area contributed by atoms with Crippen molar-refractivity contribution in [2.75, 3.05) is 51.4 Å². The van der Waals surface area contributed by atoms with E-state index in [9.17, 15) is 8.78 Å². The number of nitrogens with two attached hydrogens (primary N) is 1. The van der Waals surface area contributed by atoms with E-state index in [-0.39, 0.29) is 25.3 Å². The number of nitrogens with one attached hydrogen (secondary N) is 2. The number of hydrogen-bond acceptors (Lipinski definition) is 8. The fourth-order valence-corrected chi connectivity index (χ4v) is 2.94. The third-order valence-electron chi connectivity index (χ3n) is 4.67. The van der Waals surface area contributed by atoms with Crippen molar-refractivity contribution in [3.63, 3.8) is 0 Å². The molecule has 0 aliphatic carbocycles. The minimum Gasteiger partial charge on any atom is -0.394 e. The van der Waals surface area contributed by atoms with Gasteiger partial charge in [0.05, 0.1) is 51.5 Å². The Morgan fingerprint density at radius 3 is 2.62 bits per heavy atom. The van der Waals surface area contributed by atoms with Crippen LogP contribution in [0.3, 0.4) is 0 Å². The standard InChI is InChI=1S/C25H32F2N4O3.CH3NO/c1-19-3-4-21(31-22-5-6-24(25(26)27)30-18-22)17-23(19)20(8-13-33-16-12-32)7-9-29-11-15-34-14-10-28-2;2-1-3/h3-9,17-18,25,29,31-32H,2,10-16H2,1H3;1H,(H2,2,3)/b9-7+,20-8+;. The van der Waals surface area contributed by atoms with Gasteiger partial charge in [-0.3, -0.25) is 14.8 Å². The Bertz CT molecular complexity index is 985. The maximum absolute atomic E-state index is 12.7. The molecule has 1 amide bonds. The van der Waals surface area contributed by atoms with Gasteiger partial charge in [-0.15, -0.1) is 0 Å². The molecule has 0 aliphatic heterocycles. The van der Waals surface area contributed by atoms with E-state index in [0.29, 0.717) is 38.6 Å². The third kappa shape index (κ3) is 13.3. The molecule has 11 heteroatoms. The van der Waals surface area contributed by atoms with Crippen molar-refractivity contribution >= 4 is 30.1 Å². The summed E-state index contributed by atoms with van der Waals surface area (Å²) in [7, 11) is 0. The van der Waals surface area contributed by atoms with Gasteiger partial charge in [-0.1, -0.05) is 12.1 Å². The van der Waals surface area contributed by atoms with Crippen LogP contribution in [0.25, 0.3) is 5.57 Å². The number of carbonyl (C=O) groups excluding carboxylic acids is 1. The summed E-state index contributed by atoms with van der Waals surface area (Å²) in [6, 6.07) is 8.74. The first kappa shape index (κ1) is 31.4. The Hall–Kier alpha value is -3.67. The number of aromatic nitrogens is 1. The van der Waals surface area contributed by atoms with Gasteiger partial charge in [0.1, 0.15) is 5.69 Å². The molecule has 5 N–H and O–H groups in total. The number of alkyl halides is 2. The molecule has 0 aliphatic rings. The SMILES string of the molecule is C=NCCOCCN/C=C/C(=C\COCCO)c1cc(Nc2ccc(C(F)F)nc2)ccc1C.NC=O. The molecular formula is C26H35F2N5O4. The largest absolute Gasteiger partial charge is 0.394 e. The van der Waals surface area contributed by atoms with Gasteiger partial charge in [-0.05, 0) is 66.9 Å². The highest BCUT2D eigenvalue weighted by Gasteiger charge is 2.09. The van der Waals surface area contributed by atoms with Crippen molar-refractivity contribution in [3.8, 4) is 0 Å². The molecule has 202 valence electrons. The average Bonchev–Trinajstić information content (AvgIpc) is 2.89. The highest BCUT2D eigenvalue weighted by molar-refractivity contribution is 5.78. The van der Waals surface area contributed by atoms with E-state index >= 15 is 0 Å². The third-order valence-corrected chi connectivity index (χ3v) is 4.67. The lowest BCUT2D eigenvalue weighted by molar-refractivity contribution is -0.106. The van der Waals surface area contributed by atoms with Crippen molar-refractivity contribution in [2.45, 2.75) is 13.3 Å². The van der Waals surface area contributed by atoms with Gasteiger partial charge in [0.2, 0.25) is 6.41 Å². The van der Waals surface area contributed by atoms with E-state index in [1.807, 2.05) is 43.5 Å². The van der Waals surface area contributed by atoms with Crippen LogP contribution in [0.4, 0.5) is 20.2 Å². The molecule has 0 saturated heterocycles. The molecule has 1 heterocycles. The quantitative estimate of drug-likeness (QED) is 0.116. The molecule has 2 aromatic rings. The monoisotopic (exact) mass is 519 g/mol. The molecule has 0 fully saturated rings. The number of primary amides is 1. The molecule has 2 rings (SSSR count). The Labute approximate surface area is 216 Å². The summed E-state index contributed by atoms with van der Waals surface area (Å²) < 4.78 is 36.3. The zero-order chi connectivity index (χ0) is 27.3. The number of pyridine rings is 1. The predicted octanol–water partition coefficient (Wildman–Crippen LogP) is 3.39. The topological polar surface area (TPSA) is 131 Å². The number of rotatable bonds is 16. The fraction of sp³-hybridized carbons (Fsp3) is 0.346. The summed E-state index contributed by atoms with van der Waals surface area (Å²) >= 11 is 0. The van der Waals surface area contributed by atoms with Crippen molar-refractivity contribution in [3.05, 3.63) is 71.7 Å². The number of allylic oxidation sites excluding steroid dienone is 2. The summed E-state index contributed by atoms with van der Waals surface area (Å²) in [6.07, 6.45) is 4.76. The molecule has 0 radical (unpaired) electrons. The maximum atomic E-state index is 12.7. The smallest absolute Gasteiger partial charge is 0.280 e. The number of anilines is 2. The van der Waals surface area contributed by atoms with Crippen molar-refractivity contribution in [1.29, 1.82) is 0 Å². The van der Waals surface area contributed by atoms with Gasteiger partial charge < -0.3 is 30.9 Å². The van der Waals surface area contributed by atoms with Gasteiger partial charge in [0.15, 0.2) is 0 Å². The minimum absolute atomic E-state index is 0.0429. The number of aliphatic hydroxyl groups excluding tert-OH is 1. The van der Waals surface area contributed by atoms with E-state index in [0.717, 1.165) is 22.4 Å².